The molecule has 0 fully saturated rings. The number of aromatic nitrogens is 1. The van der Waals surface area contributed by atoms with Gasteiger partial charge in [0.05, 0.1) is 17.8 Å². The number of carbonyl (C=O) groups excluding carboxylic acids is 1. The number of nitrogens with one attached hydrogen (secondary N) is 2. The molecule has 0 unspecified atom stereocenters. The molecule has 0 radical (unpaired) electrons. The van der Waals surface area contributed by atoms with E-state index in [1.165, 1.54) is 0 Å². The van der Waals surface area contributed by atoms with Gasteiger partial charge in [0.25, 0.3) is 5.91 Å². The maximum absolute atomic E-state index is 12.6. The monoisotopic (exact) mass is 375 g/mol. The van der Waals surface area contributed by atoms with Crippen molar-refractivity contribution >= 4 is 34.8 Å². The van der Waals surface area contributed by atoms with Crippen LogP contribution in [0, 0.1) is 6.92 Å². The minimum Gasteiger partial charge on any atom is -0.467 e. The van der Waals surface area contributed by atoms with Gasteiger partial charge >= 0.3 is 0 Å². The molecule has 0 aliphatic heterocycles. The molecule has 0 spiro atoms. The molecule has 2 heterocycles. The molecule has 2 N–H and O–H groups in total. The van der Waals surface area contributed by atoms with Crippen molar-refractivity contribution in [2.45, 2.75) is 13.5 Å². The second-order valence-corrected chi connectivity index (χ2v) is 5.97. The molecular weight excluding hydrogens is 362 g/mol. The quantitative estimate of drug-likeness (QED) is 0.677. The van der Waals surface area contributed by atoms with Gasteiger partial charge in [-0.15, -0.1) is 0 Å². The highest BCUT2D eigenvalue weighted by atomic mass is 35.5. The molecule has 0 aliphatic rings. The fourth-order valence-electron chi connectivity index (χ4n) is 2.27. The fourth-order valence-corrected chi connectivity index (χ4v) is 2.66. The standard InChI is InChI=1S/C17H14ClN3O3S/c1-10-14(15(21-24-10)12-6-2-3-7-13(12)18)16(22)20-17(25)19-9-11-5-4-8-23-11/h2-8H,9H2,1H3,(H2,19,20,22,25). The Balaban J connectivity index is 1.75. The number of aryl methyl sites for hydroxylation is 1. The molecule has 0 saturated carbocycles. The zero-order valence-electron chi connectivity index (χ0n) is 13.2. The lowest BCUT2D eigenvalue weighted by Gasteiger charge is -2.09. The van der Waals surface area contributed by atoms with Crippen molar-refractivity contribution < 1.29 is 13.7 Å². The number of hydrogen-bond acceptors (Lipinski definition) is 5. The number of hydrogen-bond donors (Lipinski definition) is 2. The topological polar surface area (TPSA) is 80.3 Å². The van der Waals surface area contributed by atoms with Gasteiger partial charge in [0.15, 0.2) is 5.11 Å². The summed E-state index contributed by atoms with van der Waals surface area (Å²) in [6, 6.07) is 10.7. The van der Waals surface area contributed by atoms with E-state index in [0.717, 1.165) is 0 Å². The summed E-state index contributed by atoms with van der Waals surface area (Å²) in [5.74, 6) is 0.654. The third-order valence-electron chi connectivity index (χ3n) is 3.45. The number of halogens is 1. The number of nitrogens with zero attached hydrogens (tertiary/aromatic N) is 1. The number of carbonyl (C=O) groups is 1. The molecule has 25 heavy (non-hydrogen) atoms. The first-order valence-corrected chi connectivity index (χ1v) is 8.17. The van der Waals surface area contributed by atoms with Crippen LogP contribution in [-0.2, 0) is 6.54 Å². The highest BCUT2D eigenvalue weighted by Crippen LogP contribution is 2.30. The van der Waals surface area contributed by atoms with Crippen LogP contribution in [0.15, 0.2) is 51.6 Å². The SMILES string of the molecule is Cc1onc(-c2ccccc2Cl)c1C(=O)NC(=S)NCc1ccco1. The van der Waals surface area contributed by atoms with Gasteiger partial charge in [-0.1, -0.05) is 35.0 Å². The Morgan fingerprint density at radius 2 is 2.08 bits per heavy atom. The maximum atomic E-state index is 12.6. The molecule has 8 heteroatoms. The minimum atomic E-state index is -0.425. The Bertz CT molecular complexity index is 906. The summed E-state index contributed by atoms with van der Waals surface area (Å²) in [4.78, 5) is 12.6. The van der Waals surface area contributed by atoms with Crippen LogP contribution in [0.4, 0.5) is 0 Å². The highest BCUT2D eigenvalue weighted by Gasteiger charge is 2.23. The van der Waals surface area contributed by atoms with Gasteiger partial charge in [-0.05, 0) is 37.3 Å². The predicted octanol–water partition coefficient (Wildman–Crippen LogP) is 3.70. The van der Waals surface area contributed by atoms with Crippen molar-refractivity contribution in [1.82, 2.24) is 15.8 Å². The number of rotatable bonds is 4. The second kappa shape index (κ2) is 7.50. The van der Waals surface area contributed by atoms with E-state index in [0.29, 0.717) is 34.3 Å². The molecule has 0 atom stereocenters. The lowest BCUT2D eigenvalue weighted by molar-refractivity contribution is 0.0975. The van der Waals surface area contributed by atoms with E-state index < -0.39 is 5.91 Å². The summed E-state index contributed by atoms with van der Waals surface area (Å²) < 4.78 is 10.4. The van der Waals surface area contributed by atoms with E-state index in [1.807, 2.05) is 6.07 Å². The van der Waals surface area contributed by atoms with E-state index in [2.05, 4.69) is 15.8 Å². The van der Waals surface area contributed by atoms with Crippen molar-refractivity contribution in [3.8, 4) is 11.3 Å². The Labute approximate surface area is 154 Å². The van der Waals surface area contributed by atoms with Crippen molar-refractivity contribution in [2.24, 2.45) is 0 Å². The van der Waals surface area contributed by atoms with E-state index in [-0.39, 0.29) is 10.7 Å². The summed E-state index contributed by atoms with van der Waals surface area (Å²) in [5.41, 5.74) is 1.27. The van der Waals surface area contributed by atoms with Gasteiger partial charge < -0.3 is 14.3 Å². The maximum Gasteiger partial charge on any atom is 0.263 e. The van der Waals surface area contributed by atoms with Crippen molar-refractivity contribution in [1.29, 1.82) is 0 Å². The van der Waals surface area contributed by atoms with Crippen LogP contribution < -0.4 is 10.6 Å². The third kappa shape index (κ3) is 3.89. The van der Waals surface area contributed by atoms with E-state index in [4.69, 9.17) is 32.8 Å². The summed E-state index contributed by atoms with van der Waals surface area (Å²) in [6.07, 6.45) is 1.56. The average Bonchev–Trinajstić information content (AvgIpc) is 3.23. The molecule has 1 amide bonds. The molecule has 6 nitrogen and oxygen atoms in total. The first-order chi connectivity index (χ1) is 12.1. The molecule has 3 aromatic rings. The number of amides is 1. The lowest BCUT2D eigenvalue weighted by Crippen LogP contribution is -2.39. The van der Waals surface area contributed by atoms with Gasteiger partial charge in [-0.25, -0.2) is 0 Å². The molecule has 0 saturated heterocycles. The zero-order valence-corrected chi connectivity index (χ0v) is 14.8. The van der Waals surface area contributed by atoms with Gasteiger partial charge in [-0.3, -0.25) is 10.1 Å². The number of benzene rings is 1. The van der Waals surface area contributed by atoms with Crippen LogP contribution in [0.25, 0.3) is 11.3 Å². The Morgan fingerprint density at radius 3 is 2.80 bits per heavy atom. The molecule has 3 rings (SSSR count). The molecular formula is C17H14ClN3O3S. The molecule has 0 bridgehead atoms. The van der Waals surface area contributed by atoms with Crippen molar-refractivity contribution in [3.63, 3.8) is 0 Å². The Kier molecular flexibility index (Phi) is 5.16. The van der Waals surface area contributed by atoms with E-state index >= 15 is 0 Å². The highest BCUT2D eigenvalue weighted by molar-refractivity contribution is 7.80. The summed E-state index contributed by atoms with van der Waals surface area (Å²) >= 11 is 11.3. The molecule has 1 aromatic carbocycles. The van der Waals surface area contributed by atoms with Crippen LogP contribution in [0.1, 0.15) is 21.9 Å². The molecule has 128 valence electrons. The van der Waals surface area contributed by atoms with Crippen molar-refractivity contribution in [3.05, 3.63) is 64.8 Å². The van der Waals surface area contributed by atoms with Gasteiger partial charge in [-0.2, -0.15) is 0 Å². The lowest BCUT2D eigenvalue weighted by atomic mass is 10.1. The van der Waals surface area contributed by atoms with Gasteiger partial charge in [0.2, 0.25) is 0 Å². The normalized spacial score (nSPS) is 10.5. The van der Waals surface area contributed by atoms with E-state index in [1.54, 1.807) is 43.5 Å². The third-order valence-corrected chi connectivity index (χ3v) is 4.03. The largest absolute Gasteiger partial charge is 0.467 e. The average molecular weight is 376 g/mol. The zero-order chi connectivity index (χ0) is 17.8. The van der Waals surface area contributed by atoms with Gasteiger partial charge in [0, 0.05) is 5.56 Å². The number of thiocarbonyl (C=S) groups is 1. The summed E-state index contributed by atoms with van der Waals surface area (Å²) in [6.45, 7) is 2.02. The smallest absolute Gasteiger partial charge is 0.263 e. The van der Waals surface area contributed by atoms with E-state index in [9.17, 15) is 4.79 Å². The minimum absolute atomic E-state index is 0.173. The summed E-state index contributed by atoms with van der Waals surface area (Å²) in [5, 5.41) is 10.1. The summed E-state index contributed by atoms with van der Waals surface area (Å²) in [7, 11) is 0. The number of furan rings is 1. The Hall–Kier alpha value is -2.64. The Morgan fingerprint density at radius 1 is 1.28 bits per heavy atom. The molecule has 2 aromatic heterocycles. The molecule has 0 aliphatic carbocycles. The van der Waals surface area contributed by atoms with Crippen LogP contribution in [0.5, 0.6) is 0 Å². The van der Waals surface area contributed by atoms with Crippen LogP contribution in [-0.4, -0.2) is 16.2 Å². The van der Waals surface area contributed by atoms with Crippen LogP contribution in [0.3, 0.4) is 0 Å². The predicted molar refractivity (Wildman–Crippen MR) is 97.3 cm³/mol. The first-order valence-electron chi connectivity index (χ1n) is 7.39. The fraction of sp³-hybridized carbons (Fsp3) is 0.118. The van der Waals surface area contributed by atoms with Crippen molar-refractivity contribution in [2.75, 3.05) is 0 Å². The van der Waals surface area contributed by atoms with Gasteiger partial charge in [0.1, 0.15) is 22.8 Å². The van der Waals surface area contributed by atoms with Crippen LogP contribution >= 0.6 is 23.8 Å². The first kappa shape index (κ1) is 17.2. The van der Waals surface area contributed by atoms with Crippen LogP contribution in [0.2, 0.25) is 5.02 Å². The second-order valence-electron chi connectivity index (χ2n) is 5.16.